The van der Waals surface area contributed by atoms with Crippen LogP contribution < -0.4 is 0 Å². The molecule has 0 saturated heterocycles. The van der Waals surface area contributed by atoms with Crippen LogP contribution in [0.1, 0.15) is 52.7 Å². The number of fused-ring (bicyclic) bond motifs is 1. The fraction of sp³-hybridized carbons (Fsp3) is 0.153. The lowest BCUT2D eigenvalue weighted by atomic mass is 9.59. The molecule has 63 heavy (non-hydrogen) atoms. The van der Waals surface area contributed by atoms with Crippen LogP contribution >= 0.6 is 0 Å². The number of hydrogen-bond donors (Lipinski definition) is 0. The summed E-state index contributed by atoms with van der Waals surface area (Å²) < 4.78 is 0. The van der Waals surface area contributed by atoms with Gasteiger partial charge in [-0.3, -0.25) is 4.98 Å². The molecule has 1 aliphatic carbocycles. The molecule has 2 aromatic heterocycles. The first kappa shape index (κ1) is 39.8. The van der Waals surface area contributed by atoms with Crippen molar-refractivity contribution < 1.29 is 0 Å². The molecule has 0 aliphatic heterocycles. The summed E-state index contributed by atoms with van der Waals surface area (Å²) in [6.45, 7) is 14.3. The predicted octanol–water partition coefficient (Wildman–Crippen LogP) is 15.2. The molecule has 0 spiro atoms. The van der Waals surface area contributed by atoms with Gasteiger partial charge >= 0.3 is 0 Å². The van der Waals surface area contributed by atoms with Crippen LogP contribution in [0.15, 0.2) is 194 Å². The Bertz CT molecular complexity index is 3060. The predicted molar refractivity (Wildman–Crippen MR) is 261 cm³/mol. The number of hydrogen-bond acceptors (Lipinski definition) is 4. The molecule has 4 nitrogen and oxygen atoms in total. The van der Waals surface area contributed by atoms with E-state index in [-0.39, 0.29) is 16.2 Å². The van der Waals surface area contributed by atoms with Crippen molar-refractivity contribution in [2.75, 3.05) is 0 Å². The quantitative estimate of drug-likeness (QED) is 0.153. The van der Waals surface area contributed by atoms with Gasteiger partial charge in [-0.1, -0.05) is 187 Å². The summed E-state index contributed by atoms with van der Waals surface area (Å²) in [4.78, 5) is 20.4. The number of pyridine rings is 1. The first-order valence-electron chi connectivity index (χ1n) is 21.9. The molecule has 0 atom stereocenters. The van der Waals surface area contributed by atoms with E-state index in [2.05, 4.69) is 199 Å². The van der Waals surface area contributed by atoms with Crippen molar-refractivity contribution in [3.63, 3.8) is 0 Å². The zero-order chi connectivity index (χ0) is 43.3. The van der Waals surface area contributed by atoms with Crippen LogP contribution in [-0.4, -0.2) is 19.9 Å². The van der Waals surface area contributed by atoms with E-state index in [9.17, 15) is 0 Å². The van der Waals surface area contributed by atoms with Gasteiger partial charge in [-0.25, -0.2) is 15.0 Å². The van der Waals surface area contributed by atoms with Gasteiger partial charge in [0.2, 0.25) is 0 Å². The summed E-state index contributed by atoms with van der Waals surface area (Å²) in [5.74, 6) is 1.85. The molecule has 0 amide bonds. The van der Waals surface area contributed by atoms with Crippen molar-refractivity contribution in [3.05, 3.63) is 205 Å². The lowest BCUT2D eigenvalue weighted by Gasteiger charge is -2.44. The second-order valence-electron chi connectivity index (χ2n) is 18.4. The summed E-state index contributed by atoms with van der Waals surface area (Å²) in [7, 11) is 0. The molecule has 306 valence electrons. The highest BCUT2D eigenvalue weighted by Crippen LogP contribution is 2.61. The van der Waals surface area contributed by atoms with E-state index < -0.39 is 0 Å². The third-order valence-electron chi connectivity index (χ3n) is 14.3. The lowest BCUT2D eigenvalue weighted by Crippen LogP contribution is -2.42. The lowest BCUT2D eigenvalue weighted by molar-refractivity contribution is 0.125. The molecule has 0 unspecified atom stereocenters. The molecule has 7 aromatic carbocycles. The second-order valence-corrected chi connectivity index (χ2v) is 18.4. The minimum Gasteiger partial charge on any atom is -0.256 e. The molecule has 0 radical (unpaired) electrons. The zero-order valence-corrected chi connectivity index (χ0v) is 36.8. The van der Waals surface area contributed by atoms with E-state index in [1.165, 1.54) is 22.3 Å². The first-order valence-corrected chi connectivity index (χ1v) is 21.9. The first-order chi connectivity index (χ1) is 30.5. The number of nitrogens with zero attached hydrogens (tertiary/aromatic N) is 4. The SMILES string of the molecule is CC1(C)c2ccc(-c3ccc(-c4cccc(-c5nc(-c6ccccc6)nc(-c6cccc(-c7cc(-c8ccccc8)cc(-c8ccccc8)c7)c6)n5)c4)cn3)cc2C(C)(C)C1(C)C. The van der Waals surface area contributed by atoms with Gasteiger partial charge in [0.05, 0.1) is 5.69 Å². The van der Waals surface area contributed by atoms with Crippen LogP contribution in [0.4, 0.5) is 0 Å². The average Bonchev–Trinajstić information content (AvgIpc) is 3.44. The zero-order valence-electron chi connectivity index (χ0n) is 36.8. The molecule has 0 fully saturated rings. The molecule has 10 rings (SSSR count). The van der Waals surface area contributed by atoms with Gasteiger partial charge < -0.3 is 0 Å². The molecule has 0 saturated carbocycles. The highest BCUT2D eigenvalue weighted by atomic mass is 15.0. The Morgan fingerprint density at radius 3 is 1.19 bits per heavy atom. The Morgan fingerprint density at radius 2 is 0.683 bits per heavy atom. The molecule has 4 heteroatoms. The van der Waals surface area contributed by atoms with Gasteiger partial charge in [0.25, 0.3) is 0 Å². The number of benzene rings is 7. The van der Waals surface area contributed by atoms with Gasteiger partial charge in [-0.15, -0.1) is 0 Å². The molecular weight excluding hydrogens is 765 g/mol. The summed E-state index contributed by atoms with van der Waals surface area (Å²) in [6, 6.07) is 66.3. The third-order valence-corrected chi connectivity index (χ3v) is 14.3. The summed E-state index contributed by atoms with van der Waals surface area (Å²) >= 11 is 0. The Labute approximate surface area is 371 Å². The largest absolute Gasteiger partial charge is 0.256 e. The molecule has 0 N–H and O–H groups in total. The highest BCUT2D eigenvalue weighted by Gasteiger charge is 2.56. The Morgan fingerprint density at radius 1 is 0.286 bits per heavy atom. The standard InChI is InChI=1S/C59H50N4/c1-57(2)51-30-28-44(37-52(51)58(3,4)59(57,5)6)53-31-29-47(38-60-53)42-24-16-26-45(32-42)55-61-54(41-22-14-9-15-23-41)62-56(63-55)46-27-17-25-43(33-46)50-35-48(39-18-10-7-11-19-39)34-49(36-50)40-20-12-8-13-21-40/h7-38H,1-6H3. The Hall–Kier alpha value is -7.30. The number of rotatable bonds is 8. The van der Waals surface area contributed by atoms with Crippen LogP contribution in [-0.2, 0) is 10.8 Å². The summed E-state index contributed by atoms with van der Waals surface area (Å²) in [5.41, 5.74) is 16.9. The van der Waals surface area contributed by atoms with E-state index in [0.717, 1.165) is 61.3 Å². The van der Waals surface area contributed by atoms with Crippen molar-refractivity contribution in [3.8, 4) is 89.9 Å². The fourth-order valence-corrected chi connectivity index (χ4v) is 9.37. The van der Waals surface area contributed by atoms with Crippen molar-refractivity contribution in [1.82, 2.24) is 19.9 Å². The minimum absolute atomic E-state index is 0.0291. The highest BCUT2D eigenvalue weighted by molar-refractivity contribution is 5.83. The van der Waals surface area contributed by atoms with Gasteiger partial charge in [0, 0.05) is 34.0 Å². The molecular formula is C59H50N4. The van der Waals surface area contributed by atoms with Crippen LogP contribution in [0.3, 0.4) is 0 Å². The molecule has 0 bridgehead atoms. The van der Waals surface area contributed by atoms with Crippen LogP contribution in [0, 0.1) is 5.41 Å². The van der Waals surface area contributed by atoms with E-state index >= 15 is 0 Å². The van der Waals surface area contributed by atoms with E-state index in [1.807, 2.05) is 36.5 Å². The van der Waals surface area contributed by atoms with Crippen molar-refractivity contribution in [1.29, 1.82) is 0 Å². The van der Waals surface area contributed by atoms with E-state index in [4.69, 9.17) is 19.9 Å². The molecule has 2 heterocycles. The van der Waals surface area contributed by atoms with E-state index in [1.54, 1.807) is 0 Å². The van der Waals surface area contributed by atoms with Gasteiger partial charge in [-0.05, 0) is 109 Å². The summed E-state index contributed by atoms with van der Waals surface area (Å²) in [5, 5.41) is 0. The van der Waals surface area contributed by atoms with Crippen LogP contribution in [0.2, 0.25) is 0 Å². The van der Waals surface area contributed by atoms with Gasteiger partial charge in [-0.2, -0.15) is 0 Å². The third kappa shape index (κ3) is 7.16. The second kappa shape index (κ2) is 15.6. The molecule has 9 aromatic rings. The van der Waals surface area contributed by atoms with Crippen molar-refractivity contribution in [2.24, 2.45) is 5.41 Å². The fourth-order valence-electron chi connectivity index (χ4n) is 9.37. The van der Waals surface area contributed by atoms with Crippen LogP contribution in [0.25, 0.3) is 89.9 Å². The topological polar surface area (TPSA) is 51.6 Å². The minimum atomic E-state index is 0.0291. The van der Waals surface area contributed by atoms with Gasteiger partial charge in [0.1, 0.15) is 0 Å². The average molecular weight is 815 g/mol. The Balaban J connectivity index is 1.01. The monoisotopic (exact) mass is 814 g/mol. The maximum absolute atomic E-state index is 5.18. The van der Waals surface area contributed by atoms with Gasteiger partial charge in [0.15, 0.2) is 17.5 Å². The Kier molecular flexibility index (Phi) is 9.83. The number of aromatic nitrogens is 4. The van der Waals surface area contributed by atoms with Crippen LogP contribution in [0.5, 0.6) is 0 Å². The van der Waals surface area contributed by atoms with E-state index in [0.29, 0.717) is 17.5 Å². The van der Waals surface area contributed by atoms with Crippen molar-refractivity contribution in [2.45, 2.75) is 52.4 Å². The molecule has 1 aliphatic rings. The van der Waals surface area contributed by atoms with Crippen molar-refractivity contribution >= 4 is 0 Å². The normalized spacial score (nSPS) is 14.6. The maximum Gasteiger partial charge on any atom is 0.164 e. The summed E-state index contributed by atoms with van der Waals surface area (Å²) in [6.07, 6.45) is 1.98. The smallest absolute Gasteiger partial charge is 0.164 e. The maximum atomic E-state index is 5.18.